The molecule has 2 aliphatic heterocycles. The normalized spacial score (nSPS) is 16.2. The van der Waals surface area contributed by atoms with E-state index >= 15 is 0 Å². The summed E-state index contributed by atoms with van der Waals surface area (Å²) in [4.78, 5) is 31.3. The minimum atomic E-state index is 0.00381. The van der Waals surface area contributed by atoms with E-state index in [1.807, 2.05) is 23.1 Å². The number of H-pyrrole nitrogens is 1. The third-order valence-electron chi connectivity index (χ3n) is 4.56. The summed E-state index contributed by atoms with van der Waals surface area (Å²) in [6.07, 6.45) is 3.75. The van der Waals surface area contributed by atoms with Crippen LogP contribution in [0, 0.1) is 0 Å². The zero-order chi connectivity index (χ0) is 17.2. The van der Waals surface area contributed by atoms with Gasteiger partial charge < -0.3 is 24.3 Å². The van der Waals surface area contributed by atoms with Gasteiger partial charge in [-0.25, -0.2) is 0 Å². The summed E-state index contributed by atoms with van der Waals surface area (Å²) in [5.41, 5.74) is 1.56. The lowest BCUT2D eigenvalue weighted by Gasteiger charge is -2.34. The smallest absolute Gasteiger partial charge is 0.255 e. The molecule has 3 heterocycles. The average molecular weight is 341 g/mol. The molecule has 1 N–H and O–H groups in total. The lowest BCUT2D eigenvalue weighted by molar-refractivity contribution is -0.131. The van der Waals surface area contributed by atoms with Gasteiger partial charge in [0.15, 0.2) is 11.5 Å². The molecule has 7 heteroatoms. The number of carbonyl (C=O) groups excluding carboxylic acids is 2. The van der Waals surface area contributed by atoms with Crippen molar-refractivity contribution in [2.45, 2.75) is 6.42 Å². The number of aromatic nitrogens is 1. The van der Waals surface area contributed by atoms with Crippen LogP contribution in [-0.2, 0) is 11.2 Å². The van der Waals surface area contributed by atoms with Gasteiger partial charge in [-0.1, -0.05) is 6.07 Å². The number of carbonyl (C=O) groups is 2. The summed E-state index contributed by atoms with van der Waals surface area (Å²) in [6, 6.07) is 7.33. The summed E-state index contributed by atoms with van der Waals surface area (Å²) in [5, 5.41) is 0. The van der Waals surface area contributed by atoms with Gasteiger partial charge >= 0.3 is 0 Å². The molecule has 1 saturated heterocycles. The van der Waals surface area contributed by atoms with E-state index in [-0.39, 0.29) is 18.6 Å². The van der Waals surface area contributed by atoms with Crippen molar-refractivity contribution in [2.24, 2.45) is 0 Å². The summed E-state index contributed by atoms with van der Waals surface area (Å²) in [5.74, 6) is 1.47. The van der Waals surface area contributed by atoms with Crippen LogP contribution in [0.2, 0.25) is 0 Å². The van der Waals surface area contributed by atoms with Crippen molar-refractivity contribution in [1.82, 2.24) is 14.8 Å². The molecule has 2 aromatic rings. The lowest BCUT2D eigenvalue weighted by Crippen LogP contribution is -2.50. The molecule has 2 amide bonds. The largest absolute Gasteiger partial charge is 0.454 e. The van der Waals surface area contributed by atoms with E-state index in [2.05, 4.69) is 4.98 Å². The molecule has 1 aromatic carbocycles. The number of aromatic amines is 1. The molecule has 25 heavy (non-hydrogen) atoms. The van der Waals surface area contributed by atoms with E-state index in [1.54, 1.807) is 23.4 Å². The molecule has 0 spiro atoms. The van der Waals surface area contributed by atoms with Crippen molar-refractivity contribution in [2.75, 3.05) is 33.0 Å². The van der Waals surface area contributed by atoms with Gasteiger partial charge in [0.05, 0.1) is 12.0 Å². The van der Waals surface area contributed by atoms with E-state index in [4.69, 9.17) is 9.47 Å². The van der Waals surface area contributed by atoms with E-state index in [0.29, 0.717) is 49.7 Å². The maximum Gasteiger partial charge on any atom is 0.255 e. The van der Waals surface area contributed by atoms with Crippen LogP contribution < -0.4 is 9.47 Å². The summed E-state index contributed by atoms with van der Waals surface area (Å²) >= 11 is 0. The van der Waals surface area contributed by atoms with Crippen molar-refractivity contribution in [3.05, 3.63) is 47.8 Å². The summed E-state index contributed by atoms with van der Waals surface area (Å²) < 4.78 is 10.6. The fraction of sp³-hybridized carbons (Fsp3) is 0.333. The Kier molecular flexibility index (Phi) is 4.05. The van der Waals surface area contributed by atoms with Crippen molar-refractivity contribution >= 4 is 11.8 Å². The van der Waals surface area contributed by atoms with Gasteiger partial charge in [0.2, 0.25) is 12.7 Å². The predicted molar refractivity (Wildman–Crippen MR) is 89.5 cm³/mol. The highest BCUT2D eigenvalue weighted by molar-refractivity contribution is 5.94. The van der Waals surface area contributed by atoms with Crippen LogP contribution >= 0.6 is 0 Å². The first-order valence-electron chi connectivity index (χ1n) is 8.29. The minimum Gasteiger partial charge on any atom is -0.454 e. The van der Waals surface area contributed by atoms with Crippen LogP contribution in [-0.4, -0.2) is 59.6 Å². The van der Waals surface area contributed by atoms with Gasteiger partial charge in [-0.3, -0.25) is 9.59 Å². The highest BCUT2D eigenvalue weighted by Crippen LogP contribution is 2.32. The quantitative estimate of drug-likeness (QED) is 0.912. The van der Waals surface area contributed by atoms with Crippen LogP contribution in [0.1, 0.15) is 15.9 Å². The van der Waals surface area contributed by atoms with Crippen molar-refractivity contribution in [3.8, 4) is 11.5 Å². The lowest BCUT2D eigenvalue weighted by atomic mass is 10.1. The second-order valence-electron chi connectivity index (χ2n) is 6.14. The van der Waals surface area contributed by atoms with Gasteiger partial charge in [-0.15, -0.1) is 0 Å². The number of fused-ring (bicyclic) bond motifs is 1. The standard InChI is InChI=1S/C18H19N3O4/c22-17(10-13-1-2-15-16(9-13)25-12-24-15)20-5-7-21(8-6-20)18(23)14-3-4-19-11-14/h1-4,9,11,19H,5-8,10,12H2. The molecule has 130 valence electrons. The predicted octanol–water partition coefficient (Wildman–Crippen LogP) is 1.27. The molecule has 1 fully saturated rings. The Labute approximate surface area is 145 Å². The monoisotopic (exact) mass is 341 g/mol. The average Bonchev–Trinajstić information content (AvgIpc) is 3.32. The number of nitrogens with zero attached hydrogens (tertiary/aromatic N) is 2. The number of nitrogens with one attached hydrogen (secondary N) is 1. The van der Waals surface area contributed by atoms with Gasteiger partial charge in [-0.2, -0.15) is 0 Å². The fourth-order valence-corrected chi connectivity index (χ4v) is 3.14. The molecular formula is C18H19N3O4. The summed E-state index contributed by atoms with van der Waals surface area (Å²) in [7, 11) is 0. The Morgan fingerprint density at radius 2 is 1.76 bits per heavy atom. The number of piperazine rings is 1. The van der Waals surface area contributed by atoms with E-state index in [9.17, 15) is 9.59 Å². The van der Waals surface area contributed by atoms with E-state index < -0.39 is 0 Å². The Hall–Kier alpha value is -2.96. The molecule has 0 atom stereocenters. The Morgan fingerprint density at radius 1 is 1.00 bits per heavy atom. The Balaban J connectivity index is 1.33. The number of ether oxygens (including phenoxy) is 2. The highest BCUT2D eigenvalue weighted by atomic mass is 16.7. The number of benzene rings is 1. The van der Waals surface area contributed by atoms with Crippen LogP contribution in [0.15, 0.2) is 36.7 Å². The zero-order valence-corrected chi connectivity index (χ0v) is 13.7. The number of hydrogen-bond donors (Lipinski definition) is 1. The minimum absolute atomic E-state index is 0.00381. The topological polar surface area (TPSA) is 74.9 Å². The molecule has 1 aromatic heterocycles. The van der Waals surface area contributed by atoms with Gasteiger partial charge in [0, 0.05) is 38.6 Å². The molecule has 7 nitrogen and oxygen atoms in total. The molecule has 0 radical (unpaired) electrons. The Bertz CT molecular complexity index is 780. The van der Waals surface area contributed by atoms with Crippen molar-refractivity contribution in [3.63, 3.8) is 0 Å². The Morgan fingerprint density at radius 3 is 2.52 bits per heavy atom. The number of rotatable bonds is 3. The van der Waals surface area contributed by atoms with Crippen LogP contribution in [0.4, 0.5) is 0 Å². The SMILES string of the molecule is O=C(Cc1ccc2c(c1)OCO2)N1CCN(C(=O)c2cc[nH]c2)CC1. The van der Waals surface area contributed by atoms with Crippen LogP contribution in [0.25, 0.3) is 0 Å². The van der Waals surface area contributed by atoms with Gasteiger partial charge in [0.25, 0.3) is 5.91 Å². The molecule has 0 saturated carbocycles. The zero-order valence-electron chi connectivity index (χ0n) is 13.7. The second-order valence-corrected chi connectivity index (χ2v) is 6.14. The van der Waals surface area contributed by atoms with Crippen molar-refractivity contribution in [1.29, 1.82) is 0 Å². The molecular weight excluding hydrogens is 322 g/mol. The van der Waals surface area contributed by atoms with Crippen LogP contribution in [0.5, 0.6) is 11.5 Å². The number of hydrogen-bond acceptors (Lipinski definition) is 4. The number of amides is 2. The molecule has 0 unspecified atom stereocenters. The molecule has 0 aliphatic carbocycles. The van der Waals surface area contributed by atoms with E-state index in [1.165, 1.54) is 0 Å². The van der Waals surface area contributed by atoms with Crippen molar-refractivity contribution < 1.29 is 19.1 Å². The maximum absolute atomic E-state index is 12.5. The third kappa shape index (κ3) is 3.17. The highest BCUT2D eigenvalue weighted by Gasteiger charge is 2.25. The van der Waals surface area contributed by atoms with Gasteiger partial charge in [0.1, 0.15) is 0 Å². The fourth-order valence-electron chi connectivity index (χ4n) is 3.14. The maximum atomic E-state index is 12.5. The first-order chi connectivity index (χ1) is 12.2. The van der Waals surface area contributed by atoms with E-state index in [0.717, 1.165) is 5.56 Å². The van der Waals surface area contributed by atoms with Crippen LogP contribution in [0.3, 0.4) is 0 Å². The molecule has 0 bridgehead atoms. The first-order valence-corrected chi connectivity index (χ1v) is 8.29. The summed E-state index contributed by atoms with van der Waals surface area (Å²) in [6.45, 7) is 2.44. The van der Waals surface area contributed by atoms with Gasteiger partial charge in [-0.05, 0) is 23.8 Å². The molecule has 4 rings (SSSR count). The molecule has 2 aliphatic rings. The second kappa shape index (κ2) is 6.51. The first kappa shape index (κ1) is 15.6. The third-order valence-corrected chi connectivity index (χ3v) is 4.56.